The van der Waals surface area contributed by atoms with Crippen molar-refractivity contribution in [2.45, 2.75) is 32.9 Å². The fourth-order valence-electron chi connectivity index (χ4n) is 1.36. The Balaban J connectivity index is 2.60. The third-order valence-corrected chi connectivity index (χ3v) is 2.58. The van der Waals surface area contributed by atoms with E-state index in [4.69, 9.17) is 9.84 Å². The van der Waals surface area contributed by atoms with Crippen molar-refractivity contribution in [2.75, 3.05) is 6.61 Å². The van der Waals surface area contributed by atoms with Gasteiger partial charge in [0.1, 0.15) is 5.75 Å². The number of nitrogens with one attached hydrogen (secondary N) is 1. The van der Waals surface area contributed by atoms with Gasteiger partial charge in [-0.15, -0.1) is 0 Å². The molecule has 0 bridgehead atoms. The summed E-state index contributed by atoms with van der Waals surface area (Å²) in [7, 11) is 0. The van der Waals surface area contributed by atoms with E-state index in [1.54, 1.807) is 6.07 Å². The van der Waals surface area contributed by atoms with E-state index in [9.17, 15) is 4.79 Å². The van der Waals surface area contributed by atoms with Gasteiger partial charge < -0.3 is 15.2 Å². The normalized spacial score (nSPS) is 12.1. The molecule has 0 aromatic heterocycles. The van der Waals surface area contributed by atoms with Crippen molar-refractivity contribution in [1.29, 1.82) is 0 Å². The monoisotopic (exact) mass is 237 g/mol. The van der Waals surface area contributed by atoms with Gasteiger partial charge in [0.05, 0.1) is 0 Å². The molecule has 17 heavy (non-hydrogen) atoms. The molecule has 0 spiro atoms. The number of rotatable bonds is 7. The van der Waals surface area contributed by atoms with Crippen LogP contribution in [-0.4, -0.2) is 23.7 Å². The molecule has 0 saturated carbocycles. The van der Waals surface area contributed by atoms with Crippen LogP contribution in [-0.2, 0) is 11.3 Å². The molecule has 94 valence electrons. The van der Waals surface area contributed by atoms with E-state index in [1.807, 2.05) is 18.2 Å². The molecule has 0 aliphatic carbocycles. The second-order valence-electron chi connectivity index (χ2n) is 3.98. The molecule has 4 nitrogen and oxygen atoms in total. The molecule has 1 rings (SSSR count). The number of carbonyl (C=O) groups is 1. The second-order valence-corrected chi connectivity index (χ2v) is 3.98. The summed E-state index contributed by atoms with van der Waals surface area (Å²) >= 11 is 0. The van der Waals surface area contributed by atoms with Gasteiger partial charge in [0.25, 0.3) is 0 Å². The highest BCUT2D eigenvalue weighted by atomic mass is 16.5. The van der Waals surface area contributed by atoms with Gasteiger partial charge in [-0.25, -0.2) is 4.79 Å². The average molecular weight is 237 g/mol. The molecule has 1 atom stereocenters. The van der Waals surface area contributed by atoms with Crippen molar-refractivity contribution in [3.05, 3.63) is 29.8 Å². The van der Waals surface area contributed by atoms with Crippen LogP contribution in [0.2, 0.25) is 0 Å². The Bertz CT molecular complexity index is 365. The minimum Gasteiger partial charge on any atom is -0.482 e. The zero-order valence-electron chi connectivity index (χ0n) is 10.3. The summed E-state index contributed by atoms with van der Waals surface area (Å²) in [4.78, 5) is 10.5. The lowest BCUT2D eigenvalue weighted by Gasteiger charge is -2.14. The van der Waals surface area contributed by atoms with E-state index in [0.29, 0.717) is 18.3 Å². The number of para-hydroxylation sites is 1. The van der Waals surface area contributed by atoms with E-state index < -0.39 is 5.97 Å². The summed E-state index contributed by atoms with van der Waals surface area (Å²) in [6.45, 7) is 4.61. The minimum atomic E-state index is -0.963. The van der Waals surface area contributed by atoms with E-state index in [-0.39, 0.29) is 6.61 Å². The molecular weight excluding hydrogens is 218 g/mol. The molecule has 4 heteroatoms. The van der Waals surface area contributed by atoms with Gasteiger partial charge in [0, 0.05) is 18.2 Å². The zero-order chi connectivity index (χ0) is 12.7. The number of ether oxygens (including phenoxy) is 1. The van der Waals surface area contributed by atoms with Crippen LogP contribution in [0.1, 0.15) is 25.8 Å². The van der Waals surface area contributed by atoms with Crippen molar-refractivity contribution in [1.82, 2.24) is 5.32 Å². The Hall–Kier alpha value is -1.55. The first-order chi connectivity index (χ1) is 8.13. The van der Waals surface area contributed by atoms with Gasteiger partial charge in [-0.3, -0.25) is 0 Å². The van der Waals surface area contributed by atoms with E-state index >= 15 is 0 Å². The molecule has 0 radical (unpaired) electrons. The lowest BCUT2D eigenvalue weighted by molar-refractivity contribution is -0.139. The Morgan fingerprint density at radius 1 is 1.47 bits per heavy atom. The van der Waals surface area contributed by atoms with Crippen molar-refractivity contribution < 1.29 is 14.6 Å². The topological polar surface area (TPSA) is 58.6 Å². The summed E-state index contributed by atoms with van der Waals surface area (Å²) in [5.41, 5.74) is 0.981. The molecule has 1 aromatic rings. The molecule has 0 heterocycles. The SMILES string of the molecule is CC[C@@H](C)NCc1ccccc1OCC(=O)O. The highest BCUT2D eigenvalue weighted by Gasteiger charge is 2.06. The molecule has 0 saturated heterocycles. The van der Waals surface area contributed by atoms with E-state index in [0.717, 1.165) is 12.0 Å². The third-order valence-electron chi connectivity index (χ3n) is 2.58. The van der Waals surface area contributed by atoms with Crippen molar-refractivity contribution in [3.8, 4) is 5.75 Å². The van der Waals surface area contributed by atoms with Crippen molar-refractivity contribution in [3.63, 3.8) is 0 Å². The Labute approximate surface area is 102 Å². The third kappa shape index (κ3) is 4.87. The molecule has 1 aromatic carbocycles. The fourth-order valence-corrected chi connectivity index (χ4v) is 1.36. The quantitative estimate of drug-likeness (QED) is 0.762. The molecule has 0 aliphatic heterocycles. The summed E-state index contributed by atoms with van der Waals surface area (Å²) in [6, 6.07) is 7.91. The molecule has 0 aliphatic rings. The van der Waals surface area contributed by atoms with Crippen molar-refractivity contribution >= 4 is 5.97 Å². The first kappa shape index (κ1) is 13.5. The van der Waals surface area contributed by atoms with E-state index in [2.05, 4.69) is 19.2 Å². The number of carboxylic acids is 1. The van der Waals surface area contributed by atoms with Crippen LogP contribution in [0.3, 0.4) is 0 Å². The standard InChI is InChI=1S/C13H19NO3/c1-3-10(2)14-8-11-6-4-5-7-12(11)17-9-13(15)16/h4-7,10,14H,3,8-9H2,1-2H3,(H,15,16)/t10-/m1/s1. The number of hydrogen-bond donors (Lipinski definition) is 2. The minimum absolute atomic E-state index is 0.305. The van der Waals surface area contributed by atoms with Crippen LogP contribution in [0, 0.1) is 0 Å². The average Bonchev–Trinajstić information content (AvgIpc) is 2.34. The molecule has 2 N–H and O–H groups in total. The van der Waals surface area contributed by atoms with Crippen LogP contribution in [0.25, 0.3) is 0 Å². The van der Waals surface area contributed by atoms with Gasteiger partial charge in [-0.2, -0.15) is 0 Å². The van der Waals surface area contributed by atoms with Crippen LogP contribution in [0.5, 0.6) is 5.75 Å². The largest absolute Gasteiger partial charge is 0.482 e. The van der Waals surface area contributed by atoms with Gasteiger partial charge in [-0.1, -0.05) is 25.1 Å². The predicted octanol–water partition coefficient (Wildman–Crippen LogP) is 2.04. The van der Waals surface area contributed by atoms with Crippen LogP contribution in [0.15, 0.2) is 24.3 Å². The van der Waals surface area contributed by atoms with Crippen LogP contribution in [0.4, 0.5) is 0 Å². The summed E-state index contributed by atoms with van der Waals surface area (Å²) in [5.74, 6) is -0.333. The lowest BCUT2D eigenvalue weighted by Crippen LogP contribution is -2.24. The van der Waals surface area contributed by atoms with Crippen LogP contribution >= 0.6 is 0 Å². The maximum absolute atomic E-state index is 10.5. The summed E-state index contributed by atoms with van der Waals surface area (Å²) in [6.07, 6.45) is 1.05. The van der Waals surface area contributed by atoms with Gasteiger partial charge in [0.15, 0.2) is 6.61 Å². The van der Waals surface area contributed by atoms with E-state index in [1.165, 1.54) is 0 Å². The van der Waals surface area contributed by atoms with Gasteiger partial charge >= 0.3 is 5.97 Å². The lowest BCUT2D eigenvalue weighted by atomic mass is 10.2. The first-order valence-electron chi connectivity index (χ1n) is 5.79. The Kier molecular flexibility index (Phi) is 5.49. The Morgan fingerprint density at radius 3 is 2.82 bits per heavy atom. The smallest absolute Gasteiger partial charge is 0.341 e. The first-order valence-corrected chi connectivity index (χ1v) is 5.79. The molecule has 0 amide bonds. The van der Waals surface area contributed by atoms with Gasteiger partial charge in [-0.05, 0) is 19.4 Å². The van der Waals surface area contributed by atoms with Crippen molar-refractivity contribution in [2.24, 2.45) is 0 Å². The maximum Gasteiger partial charge on any atom is 0.341 e. The summed E-state index contributed by atoms with van der Waals surface area (Å²) < 4.78 is 5.22. The maximum atomic E-state index is 10.5. The Morgan fingerprint density at radius 2 is 2.18 bits per heavy atom. The van der Waals surface area contributed by atoms with Crippen LogP contribution < -0.4 is 10.1 Å². The number of benzene rings is 1. The molecule has 0 unspecified atom stereocenters. The zero-order valence-corrected chi connectivity index (χ0v) is 10.3. The number of carboxylic acid groups (broad SMARTS) is 1. The van der Waals surface area contributed by atoms with Gasteiger partial charge in [0.2, 0.25) is 0 Å². The number of hydrogen-bond acceptors (Lipinski definition) is 3. The summed E-state index contributed by atoms with van der Waals surface area (Å²) in [5, 5.41) is 11.9. The predicted molar refractivity (Wildman–Crippen MR) is 66.2 cm³/mol. The second kappa shape index (κ2) is 6.91. The number of aliphatic carboxylic acids is 1. The molecular formula is C13H19NO3. The highest BCUT2D eigenvalue weighted by Crippen LogP contribution is 2.17. The highest BCUT2D eigenvalue weighted by molar-refractivity contribution is 5.68. The molecule has 0 fully saturated rings. The fraction of sp³-hybridized carbons (Fsp3) is 0.462.